The number of hydrogen-bond donors (Lipinski definition) is 0. The second-order valence-electron chi connectivity index (χ2n) is 2.63. The molecule has 0 unspecified atom stereocenters. The normalized spacial score (nSPS) is 11.0. The van der Waals surface area contributed by atoms with Crippen LogP contribution in [0.25, 0.3) is 11.0 Å². The van der Waals surface area contributed by atoms with E-state index in [4.69, 9.17) is 16.0 Å². The van der Waals surface area contributed by atoms with Gasteiger partial charge in [0.15, 0.2) is 5.22 Å². The van der Waals surface area contributed by atoms with Gasteiger partial charge in [-0.1, -0.05) is 22.0 Å². The van der Waals surface area contributed by atoms with E-state index in [0.29, 0.717) is 16.3 Å². The Labute approximate surface area is 87.6 Å². The zero-order valence-electron chi connectivity index (χ0n) is 6.48. The predicted octanol–water partition coefficient (Wildman–Crippen LogP) is 4.12. The highest BCUT2D eigenvalue weighted by molar-refractivity contribution is 9.08. The summed E-state index contributed by atoms with van der Waals surface area (Å²) in [6.45, 7) is 0. The Morgan fingerprint density at radius 3 is 2.92 bits per heavy atom. The van der Waals surface area contributed by atoms with Crippen molar-refractivity contribution in [1.29, 1.82) is 0 Å². The lowest BCUT2D eigenvalue weighted by molar-refractivity contribution is 0.609. The average molecular weight is 263 g/mol. The fourth-order valence-corrected chi connectivity index (χ4v) is 1.85. The first-order valence-electron chi connectivity index (χ1n) is 3.65. The van der Waals surface area contributed by atoms with Crippen molar-refractivity contribution in [2.24, 2.45) is 0 Å². The summed E-state index contributed by atoms with van der Waals surface area (Å²) in [5.41, 5.74) is 1.41. The molecule has 68 valence electrons. The molecule has 0 aliphatic heterocycles. The number of benzene rings is 1. The predicted molar refractivity (Wildman–Crippen MR) is 53.8 cm³/mol. The molecule has 0 amide bonds. The van der Waals surface area contributed by atoms with Crippen molar-refractivity contribution in [1.82, 2.24) is 0 Å². The van der Waals surface area contributed by atoms with E-state index in [-0.39, 0.29) is 11.0 Å². The van der Waals surface area contributed by atoms with Gasteiger partial charge in [0.2, 0.25) is 0 Å². The van der Waals surface area contributed by atoms with Gasteiger partial charge in [0.1, 0.15) is 11.4 Å². The topological polar surface area (TPSA) is 13.1 Å². The van der Waals surface area contributed by atoms with Crippen molar-refractivity contribution < 1.29 is 8.81 Å². The summed E-state index contributed by atoms with van der Waals surface area (Å²) in [5, 5.41) is 1.26. The molecule has 4 heteroatoms. The Morgan fingerprint density at radius 2 is 2.23 bits per heavy atom. The van der Waals surface area contributed by atoms with E-state index >= 15 is 0 Å². The minimum absolute atomic E-state index is 0.210. The second-order valence-corrected chi connectivity index (χ2v) is 3.57. The zero-order chi connectivity index (χ0) is 9.42. The lowest BCUT2D eigenvalue weighted by atomic mass is 10.2. The molecule has 0 saturated heterocycles. The van der Waals surface area contributed by atoms with E-state index in [2.05, 4.69) is 15.9 Å². The van der Waals surface area contributed by atoms with Crippen LogP contribution in [0.2, 0.25) is 5.22 Å². The summed E-state index contributed by atoms with van der Waals surface area (Å²) in [6, 6.07) is 4.56. The SMILES string of the molecule is Fc1ccc(CBr)c2oc(Cl)cc12. The highest BCUT2D eigenvalue weighted by Gasteiger charge is 2.10. The van der Waals surface area contributed by atoms with Crippen LogP contribution in [0.4, 0.5) is 4.39 Å². The molecule has 1 nitrogen and oxygen atoms in total. The van der Waals surface area contributed by atoms with Crippen molar-refractivity contribution in [3.8, 4) is 0 Å². The number of furan rings is 1. The molecule has 0 spiro atoms. The van der Waals surface area contributed by atoms with Crippen molar-refractivity contribution >= 4 is 38.5 Å². The lowest BCUT2D eigenvalue weighted by Gasteiger charge is -1.96. The Morgan fingerprint density at radius 1 is 1.46 bits per heavy atom. The van der Waals surface area contributed by atoms with Gasteiger partial charge in [-0.2, -0.15) is 0 Å². The molecule has 0 aliphatic carbocycles. The molecule has 0 atom stereocenters. The largest absolute Gasteiger partial charge is 0.444 e. The van der Waals surface area contributed by atoms with Crippen molar-refractivity contribution in [3.63, 3.8) is 0 Å². The fraction of sp³-hybridized carbons (Fsp3) is 0.111. The zero-order valence-corrected chi connectivity index (χ0v) is 8.82. The quantitative estimate of drug-likeness (QED) is 0.705. The molecule has 2 rings (SSSR count). The Bertz CT molecular complexity index is 452. The number of hydrogen-bond acceptors (Lipinski definition) is 1. The third-order valence-electron chi connectivity index (χ3n) is 1.83. The maximum Gasteiger partial charge on any atom is 0.194 e. The maximum absolute atomic E-state index is 13.2. The van der Waals surface area contributed by atoms with E-state index < -0.39 is 0 Å². The lowest BCUT2D eigenvalue weighted by Crippen LogP contribution is -1.81. The van der Waals surface area contributed by atoms with Crippen LogP contribution in [0.15, 0.2) is 22.6 Å². The van der Waals surface area contributed by atoms with Crippen LogP contribution in [0.5, 0.6) is 0 Å². The highest BCUT2D eigenvalue weighted by atomic mass is 79.9. The number of rotatable bonds is 1. The minimum Gasteiger partial charge on any atom is -0.444 e. The molecule has 0 N–H and O–H groups in total. The molecular weight excluding hydrogens is 258 g/mol. The first-order chi connectivity index (χ1) is 6.22. The average Bonchev–Trinajstić information content (AvgIpc) is 2.48. The third kappa shape index (κ3) is 1.46. The standard InChI is InChI=1S/C9H5BrClFO/c10-4-5-1-2-7(12)6-3-8(11)13-9(5)6/h1-3H,4H2. The van der Waals surface area contributed by atoms with E-state index in [1.165, 1.54) is 12.1 Å². The van der Waals surface area contributed by atoms with Gasteiger partial charge >= 0.3 is 0 Å². The van der Waals surface area contributed by atoms with Gasteiger partial charge in [-0.15, -0.1) is 0 Å². The van der Waals surface area contributed by atoms with Crippen LogP contribution in [0, 0.1) is 5.82 Å². The van der Waals surface area contributed by atoms with Gasteiger partial charge in [0.05, 0.1) is 5.39 Å². The van der Waals surface area contributed by atoms with Crippen LogP contribution in [0.3, 0.4) is 0 Å². The number of fused-ring (bicyclic) bond motifs is 1. The monoisotopic (exact) mass is 262 g/mol. The van der Waals surface area contributed by atoms with Crippen LogP contribution in [-0.4, -0.2) is 0 Å². The first kappa shape index (κ1) is 9.03. The minimum atomic E-state index is -0.310. The summed E-state index contributed by atoms with van der Waals surface area (Å²) in [6.07, 6.45) is 0. The molecular formula is C9H5BrClFO. The van der Waals surface area contributed by atoms with E-state index in [9.17, 15) is 4.39 Å². The molecule has 1 heterocycles. The second kappa shape index (κ2) is 3.31. The van der Waals surface area contributed by atoms with Crippen LogP contribution in [-0.2, 0) is 5.33 Å². The summed E-state index contributed by atoms with van der Waals surface area (Å²) in [7, 11) is 0. The Hall–Kier alpha value is -0.540. The van der Waals surface area contributed by atoms with Gasteiger partial charge in [0.25, 0.3) is 0 Å². The summed E-state index contributed by atoms with van der Waals surface area (Å²) < 4.78 is 18.3. The number of alkyl halides is 1. The highest BCUT2D eigenvalue weighted by Crippen LogP contribution is 2.29. The van der Waals surface area contributed by atoms with Gasteiger partial charge in [-0.3, -0.25) is 0 Å². The Kier molecular flexibility index (Phi) is 2.30. The van der Waals surface area contributed by atoms with Gasteiger partial charge < -0.3 is 4.42 Å². The molecule has 0 bridgehead atoms. The van der Waals surface area contributed by atoms with Gasteiger partial charge in [-0.25, -0.2) is 4.39 Å². The van der Waals surface area contributed by atoms with Gasteiger partial charge in [-0.05, 0) is 17.7 Å². The third-order valence-corrected chi connectivity index (χ3v) is 2.62. The van der Waals surface area contributed by atoms with Crippen molar-refractivity contribution in [2.75, 3.05) is 0 Å². The van der Waals surface area contributed by atoms with Gasteiger partial charge in [0, 0.05) is 17.0 Å². The number of halogens is 3. The first-order valence-corrected chi connectivity index (χ1v) is 5.14. The molecule has 0 fully saturated rings. The smallest absolute Gasteiger partial charge is 0.194 e. The van der Waals surface area contributed by atoms with E-state index in [1.807, 2.05) is 0 Å². The Balaban J connectivity index is 2.83. The molecule has 13 heavy (non-hydrogen) atoms. The van der Waals surface area contributed by atoms with Crippen molar-refractivity contribution in [2.45, 2.75) is 5.33 Å². The van der Waals surface area contributed by atoms with Crippen LogP contribution >= 0.6 is 27.5 Å². The van der Waals surface area contributed by atoms with Crippen molar-refractivity contribution in [3.05, 3.63) is 34.8 Å². The summed E-state index contributed by atoms with van der Waals surface area (Å²) in [5.74, 6) is -0.310. The summed E-state index contributed by atoms with van der Waals surface area (Å²) in [4.78, 5) is 0. The van der Waals surface area contributed by atoms with E-state index in [0.717, 1.165) is 5.56 Å². The van der Waals surface area contributed by atoms with Crippen LogP contribution < -0.4 is 0 Å². The molecule has 1 aromatic heterocycles. The molecule has 2 aromatic rings. The van der Waals surface area contributed by atoms with Crippen LogP contribution in [0.1, 0.15) is 5.56 Å². The fourth-order valence-electron chi connectivity index (χ4n) is 1.22. The van der Waals surface area contributed by atoms with E-state index in [1.54, 1.807) is 6.07 Å². The molecule has 1 aromatic carbocycles. The molecule has 0 radical (unpaired) electrons. The molecule has 0 saturated carbocycles. The summed E-state index contributed by atoms with van der Waals surface area (Å²) >= 11 is 8.92. The molecule has 0 aliphatic rings. The maximum atomic E-state index is 13.2.